The SMILES string of the molecule is CC(C)(C)[Si](C)(CC(F)(F)F)S(=O)(=O)O. The van der Waals surface area contributed by atoms with Gasteiger partial charge < -0.3 is 0 Å². The number of alkyl halides is 3. The zero-order valence-corrected chi connectivity index (χ0v) is 10.8. The van der Waals surface area contributed by atoms with Crippen molar-refractivity contribution >= 4 is 16.8 Å². The predicted octanol–water partition coefficient (Wildman–Crippen LogP) is 2.81. The van der Waals surface area contributed by atoms with Crippen LogP contribution in [0.25, 0.3) is 0 Å². The fourth-order valence-corrected chi connectivity index (χ4v) is 6.74. The first-order valence-electron chi connectivity index (χ1n) is 4.24. The lowest BCUT2D eigenvalue weighted by Gasteiger charge is -2.36. The maximum Gasteiger partial charge on any atom is 0.387 e. The first-order chi connectivity index (χ1) is 6.21. The van der Waals surface area contributed by atoms with Crippen molar-refractivity contribution in [2.75, 3.05) is 0 Å². The van der Waals surface area contributed by atoms with Crippen molar-refractivity contribution in [1.29, 1.82) is 0 Å². The van der Waals surface area contributed by atoms with E-state index < -0.39 is 34.0 Å². The summed E-state index contributed by atoms with van der Waals surface area (Å²) in [5.41, 5.74) is 0. The number of halogens is 3. The van der Waals surface area contributed by atoms with Gasteiger partial charge in [-0.1, -0.05) is 27.3 Å². The van der Waals surface area contributed by atoms with Crippen LogP contribution < -0.4 is 0 Å². The van der Waals surface area contributed by atoms with E-state index in [0.717, 1.165) is 6.55 Å². The molecule has 0 aromatic heterocycles. The summed E-state index contributed by atoms with van der Waals surface area (Å²) < 4.78 is 68.0. The highest BCUT2D eigenvalue weighted by atomic mass is 32.4. The third kappa shape index (κ3) is 3.46. The van der Waals surface area contributed by atoms with Gasteiger partial charge in [-0.15, -0.1) is 0 Å². The molecule has 1 unspecified atom stereocenters. The summed E-state index contributed by atoms with van der Waals surface area (Å²) in [4.78, 5) is 0. The highest BCUT2D eigenvalue weighted by molar-refractivity contribution is 8.18. The summed E-state index contributed by atoms with van der Waals surface area (Å²) in [5.74, 6) is 0. The van der Waals surface area contributed by atoms with Gasteiger partial charge in [-0.2, -0.15) is 13.2 Å². The van der Waals surface area contributed by atoms with Gasteiger partial charge in [0.05, 0.1) is 6.04 Å². The smallest absolute Gasteiger partial charge is 0.291 e. The summed E-state index contributed by atoms with van der Waals surface area (Å²) in [7, 11) is -8.52. The Morgan fingerprint density at radius 3 is 1.60 bits per heavy atom. The molecule has 0 aliphatic heterocycles. The Labute approximate surface area is 88.1 Å². The molecular formula is C7H15F3O3SSi. The average molecular weight is 264 g/mol. The van der Waals surface area contributed by atoms with Gasteiger partial charge in [-0.05, 0) is 5.04 Å². The molecule has 0 saturated heterocycles. The maximum atomic E-state index is 12.3. The molecule has 15 heavy (non-hydrogen) atoms. The summed E-state index contributed by atoms with van der Waals surface area (Å²) in [6.45, 7) is 5.24. The van der Waals surface area contributed by atoms with Crippen LogP contribution in [0.5, 0.6) is 0 Å². The van der Waals surface area contributed by atoms with Gasteiger partial charge in [0.1, 0.15) is 0 Å². The summed E-state index contributed by atoms with van der Waals surface area (Å²) >= 11 is 0. The maximum absolute atomic E-state index is 12.3. The van der Waals surface area contributed by atoms with E-state index in [1.165, 1.54) is 20.8 Å². The Morgan fingerprint density at radius 2 is 1.53 bits per heavy atom. The summed E-state index contributed by atoms with van der Waals surface area (Å²) in [5, 5.41) is -1.07. The van der Waals surface area contributed by atoms with Crippen molar-refractivity contribution in [2.45, 2.75) is 44.6 Å². The van der Waals surface area contributed by atoms with Crippen molar-refractivity contribution in [2.24, 2.45) is 0 Å². The molecule has 0 rings (SSSR count). The van der Waals surface area contributed by atoms with E-state index in [0.29, 0.717) is 0 Å². The van der Waals surface area contributed by atoms with Crippen LogP contribution in [0.15, 0.2) is 0 Å². The predicted molar refractivity (Wildman–Crippen MR) is 53.7 cm³/mol. The standard InChI is InChI=1S/C7H15F3O3SSi/c1-6(2,3)15(4,14(11,12)13)5-7(8,9)10/h5H2,1-4H3,(H,11,12,13). The zero-order valence-electron chi connectivity index (χ0n) is 9.01. The van der Waals surface area contributed by atoms with Gasteiger partial charge in [-0.3, -0.25) is 4.55 Å². The van der Waals surface area contributed by atoms with Gasteiger partial charge in [0, 0.05) is 0 Å². The molecule has 0 aromatic rings. The molecule has 1 N–H and O–H groups in total. The van der Waals surface area contributed by atoms with Gasteiger partial charge >= 0.3 is 6.18 Å². The van der Waals surface area contributed by atoms with Gasteiger partial charge in [0.2, 0.25) is 16.8 Å². The average Bonchev–Trinajstić information content (AvgIpc) is 1.77. The molecular weight excluding hydrogens is 249 g/mol. The molecule has 0 aliphatic carbocycles. The Bertz CT molecular complexity index is 330. The fraction of sp³-hybridized carbons (Fsp3) is 1.00. The number of hydrogen-bond acceptors (Lipinski definition) is 2. The normalized spacial score (nSPS) is 18.7. The molecule has 0 heterocycles. The van der Waals surface area contributed by atoms with Gasteiger partial charge in [0.15, 0.2) is 0 Å². The van der Waals surface area contributed by atoms with Crippen molar-refractivity contribution in [3.8, 4) is 0 Å². The van der Waals surface area contributed by atoms with Crippen LogP contribution in [0, 0.1) is 0 Å². The number of hydrogen-bond donors (Lipinski definition) is 1. The molecule has 0 aromatic carbocycles. The summed E-state index contributed by atoms with van der Waals surface area (Å²) in [6.07, 6.45) is -4.58. The second-order valence-electron chi connectivity index (χ2n) is 4.75. The summed E-state index contributed by atoms with van der Waals surface area (Å²) in [6, 6.07) is -1.43. The van der Waals surface area contributed by atoms with Crippen LogP contribution in [0.4, 0.5) is 13.2 Å². The first kappa shape index (κ1) is 14.9. The van der Waals surface area contributed by atoms with E-state index >= 15 is 0 Å². The third-order valence-corrected chi connectivity index (χ3v) is 13.8. The molecule has 3 nitrogen and oxygen atoms in total. The van der Waals surface area contributed by atoms with Gasteiger partial charge in [-0.25, -0.2) is 8.42 Å². The topological polar surface area (TPSA) is 54.4 Å². The second-order valence-corrected chi connectivity index (χ2v) is 14.3. The van der Waals surface area contributed by atoms with E-state index in [-0.39, 0.29) is 0 Å². The minimum absolute atomic E-state index is 1.04. The molecule has 92 valence electrons. The Morgan fingerprint density at radius 1 is 1.20 bits per heavy atom. The van der Waals surface area contributed by atoms with E-state index in [2.05, 4.69) is 0 Å². The molecule has 0 radical (unpaired) electrons. The minimum Gasteiger partial charge on any atom is -0.291 e. The molecule has 8 heteroatoms. The quantitative estimate of drug-likeness (QED) is 0.616. The molecule has 0 spiro atoms. The van der Waals surface area contributed by atoms with Crippen LogP contribution in [-0.2, 0) is 9.57 Å². The highest BCUT2D eigenvalue weighted by Crippen LogP contribution is 2.46. The minimum atomic E-state index is -4.64. The molecule has 0 aliphatic rings. The molecule has 0 fully saturated rings. The van der Waals surface area contributed by atoms with Crippen LogP contribution in [-0.4, -0.2) is 26.4 Å². The Hall–Kier alpha value is -0.0831. The lowest BCUT2D eigenvalue weighted by Crippen LogP contribution is -2.51. The molecule has 1 atom stereocenters. The van der Waals surface area contributed by atoms with Crippen LogP contribution in [0.3, 0.4) is 0 Å². The van der Waals surface area contributed by atoms with Crippen LogP contribution >= 0.6 is 0 Å². The number of rotatable bonds is 2. The lowest BCUT2D eigenvalue weighted by molar-refractivity contribution is -0.111. The van der Waals surface area contributed by atoms with Crippen molar-refractivity contribution in [3.05, 3.63) is 0 Å². The van der Waals surface area contributed by atoms with E-state index in [9.17, 15) is 21.6 Å². The Balaban J connectivity index is 5.46. The van der Waals surface area contributed by atoms with Crippen LogP contribution in [0.2, 0.25) is 17.6 Å². The van der Waals surface area contributed by atoms with Crippen molar-refractivity contribution in [3.63, 3.8) is 0 Å². The lowest BCUT2D eigenvalue weighted by atomic mass is 10.2. The van der Waals surface area contributed by atoms with E-state index in [1.807, 2.05) is 0 Å². The molecule has 0 saturated carbocycles. The largest absolute Gasteiger partial charge is 0.387 e. The first-order valence-corrected chi connectivity index (χ1v) is 9.12. The van der Waals surface area contributed by atoms with E-state index in [1.54, 1.807) is 0 Å². The second kappa shape index (κ2) is 3.74. The van der Waals surface area contributed by atoms with Gasteiger partial charge in [0.25, 0.3) is 0 Å². The molecule has 0 bridgehead atoms. The van der Waals surface area contributed by atoms with Crippen molar-refractivity contribution in [1.82, 2.24) is 0 Å². The monoisotopic (exact) mass is 264 g/mol. The molecule has 0 amide bonds. The highest BCUT2D eigenvalue weighted by Gasteiger charge is 2.57. The Kier molecular flexibility index (Phi) is 3.72. The van der Waals surface area contributed by atoms with Crippen LogP contribution in [0.1, 0.15) is 20.8 Å². The zero-order chi connectivity index (χ0) is 12.7. The third-order valence-electron chi connectivity index (χ3n) is 2.69. The fourth-order valence-electron chi connectivity index (χ4n) is 1.13. The van der Waals surface area contributed by atoms with Crippen molar-refractivity contribution < 1.29 is 26.1 Å². The van der Waals surface area contributed by atoms with E-state index in [4.69, 9.17) is 4.55 Å².